The van der Waals surface area contributed by atoms with Crippen molar-refractivity contribution in [2.75, 3.05) is 36.4 Å². The van der Waals surface area contributed by atoms with Crippen LogP contribution in [-0.2, 0) is 32.0 Å². The number of rotatable bonds is 5. The molecular formula is C21H26N4O4. The number of benzene rings is 1. The lowest BCUT2D eigenvalue weighted by Crippen LogP contribution is -2.39. The molecule has 0 aromatic heterocycles. The van der Waals surface area contributed by atoms with Crippen molar-refractivity contribution in [3.8, 4) is 0 Å². The molecule has 0 spiro atoms. The van der Waals surface area contributed by atoms with Crippen molar-refractivity contribution < 1.29 is 19.2 Å². The van der Waals surface area contributed by atoms with Crippen LogP contribution in [0.25, 0.3) is 0 Å². The molecule has 0 aliphatic carbocycles. The van der Waals surface area contributed by atoms with Gasteiger partial charge < -0.3 is 20.4 Å². The van der Waals surface area contributed by atoms with Crippen molar-refractivity contribution in [2.45, 2.75) is 44.9 Å². The molecule has 8 nitrogen and oxygen atoms in total. The van der Waals surface area contributed by atoms with E-state index in [-0.39, 0.29) is 11.8 Å². The lowest BCUT2D eigenvalue weighted by molar-refractivity contribution is -0.136. The molecule has 4 rings (SSSR count). The third kappa shape index (κ3) is 4.11. The maximum atomic E-state index is 12.3. The molecule has 1 aromatic rings. The highest BCUT2D eigenvalue weighted by Crippen LogP contribution is 2.37. The second kappa shape index (κ2) is 8.23. The van der Waals surface area contributed by atoms with Gasteiger partial charge in [-0.2, -0.15) is 0 Å². The van der Waals surface area contributed by atoms with E-state index in [0.29, 0.717) is 44.5 Å². The van der Waals surface area contributed by atoms with Crippen molar-refractivity contribution in [1.29, 1.82) is 0 Å². The first kappa shape index (κ1) is 19.4. The van der Waals surface area contributed by atoms with Crippen LogP contribution in [0.15, 0.2) is 12.1 Å². The highest BCUT2D eigenvalue weighted by molar-refractivity contribution is 6.39. The topological polar surface area (TPSA) is 98.8 Å². The number of carbonyl (C=O) groups is 4. The van der Waals surface area contributed by atoms with Gasteiger partial charge in [0.15, 0.2) is 0 Å². The van der Waals surface area contributed by atoms with E-state index in [4.69, 9.17) is 0 Å². The monoisotopic (exact) mass is 398 g/mol. The minimum Gasteiger partial charge on any atom is -0.348 e. The summed E-state index contributed by atoms with van der Waals surface area (Å²) in [4.78, 5) is 51.7. The number of hydrogen-bond donors (Lipinski definition) is 2. The lowest BCUT2D eigenvalue weighted by Gasteiger charge is -2.35. The molecule has 0 saturated carbocycles. The van der Waals surface area contributed by atoms with Gasteiger partial charge in [-0.1, -0.05) is 0 Å². The fourth-order valence-electron chi connectivity index (χ4n) is 4.41. The molecule has 29 heavy (non-hydrogen) atoms. The molecule has 3 aliphatic heterocycles. The Kier molecular flexibility index (Phi) is 5.51. The number of aryl methyl sites for hydroxylation is 2. The van der Waals surface area contributed by atoms with E-state index in [1.165, 1.54) is 0 Å². The summed E-state index contributed by atoms with van der Waals surface area (Å²) < 4.78 is 0. The normalized spacial score (nSPS) is 17.9. The summed E-state index contributed by atoms with van der Waals surface area (Å²) >= 11 is 0. The molecule has 4 amide bonds. The van der Waals surface area contributed by atoms with Gasteiger partial charge in [-0.15, -0.1) is 0 Å². The van der Waals surface area contributed by atoms with E-state index in [1.54, 1.807) is 4.90 Å². The first-order valence-corrected chi connectivity index (χ1v) is 10.4. The summed E-state index contributed by atoms with van der Waals surface area (Å²) in [6, 6.07) is 3.74. The minimum absolute atomic E-state index is 0.158. The Morgan fingerprint density at radius 2 is 1.66 bits per heavy atom. The van der Waals surface area contributed by atoms with E-state index < -0.39 is 11.8 Å². The fraction of sp³-hybridized carbons (Fsp3) is 0.524. The van der Waals surface area contributed by atoms with Crippen LogP contribution >= 0.6 is 0 Å². The Morgan fingerprint density at radius 1 is 0.897 bits per heavy atom. The zero-order valence-electron chi connectivity index (χ0n) is 16.5. The van der Waals surface area contributed by atoms with Gasteiger partial charge in [-0.05, 0) is 55.4 Å². The fourth-order valence-corrected chi connectivity index (χ4v) is 4.41. The number of nitrogens with zero attached hydrogens (tertiary/aromatic N) is 2. The Balaban J connectivity index is 1.32. The first-order chi connectivity index (χ1) is 14.0. The zero-order chi connectivity index (χ0) is 20.4. The molecule has 2 N–H and O–H groups in total. The van der Waals surface area contributed by atoms with E-state index in [1.807, 2.05) is 17.0 Å². The van der Waals surface area contributed by atoms with Gasteiger partial charge in [-0.25, -0.2) is 0 Å². The Morgan fingerprint density at radius 3 is 2.41 bits per heavy atom. The number of nitrogens with one attached hydrogen (secondary N) is 2. The van der Waals surface area contributed by atoms with Crippen molar-refractivity contribution in [3.63, 3.8) is 0 Å². The molecule has 0 atom stereocenters. The van der Waals surface area contributed by atoms with E-state index in [2.05, 4.69) is 10.6 Å². The number of likely N-dealkylation sites (tertiary alicyclic amines) is 1. The van der Waals surface area contributed by atoms with Crippen LogP contribution in [0.2, 0.25) is 0 Å². The van der Waals surface area contributed by atoms with Crippen molar-refractivity contribution in [1.82, 2.24) is 10.2 Å². The van der Waals surface area contributed by atoms with Crippen LogP contribution in [0.3, 0.4) is 0 Å². The SMILES string of the molecule is O=C(NCCCN1CCCC1=O)C(=O)Nc1cc2c3c(c1)CCC(=O)N3CCC2. The predicted octanol–water partition coefficient (Wildman–Crippen LogP) is 0.979. The third-order valence-electron chi connectivity index (χ3n) is 5.80. The van der Waals surface area contributed by atoms with Crippen LogP contribution in [0.4, 0.5) is 11.4 Å². The quantitative estimate of drug-likeness (QED) is 0.571. The second-order valence-electron chi connectivity index (χ2n) is 7.84. The highest BCUT2D eigenvalue weighted by atomic mass is 16.2. The molecule has 1 saturated heterocycles. The molecule has 3 heterocycles. The maximum absolute atomic E-state index is 12.3. The van der Waals surface area contributed by atoms with Gasteiger partial charge in [0.2, 0.25) is 11.8 Å². The van der Waals surface area contributed by atoms with E-state index in [0.717, 1.165) is 49.2 Å². The minimum atomic E-state index is -0.700. The summed E-state index contributed by atoms with van der Waals surface area (Å²) in [5.74, 6) is -1.06. The molecule has 0 unspecified atom stereocenters. The zero-order valence-corrected chi connectivity index (χ0v) is 16.5. The van der Waals surface area contributed by atoms with Gasteiger partial charge >= 0.3 is 11.8 Å². The Hall–Kier alpha value is -2.90. The van der Waals surface area contributed by atoms with Gasteiger partial charge in [0.05, 0.1) is 5.69 Å². The van der Waals surface area contributed by atoms with Crippen LogP contribution in [0.5, 0.6) is 0 Å². The lowest BCUT2D eigenvalue weighted by atomic mass is 9.91. The van der Waals surface area contributed by atoms with Crippen molar-refractivity contribution in [2.24, 2.45) is 0 Å². The predicted molar refractivity (Wildman–Crippen MR) is 108 cm³/mol. The average molecular weight is 398 g/mol. The molecule has 3 aliphatic rings. The summed E-state index contributed by atoms with van der Waals surface area (Å²) in [6.45, 7) is 2.47. The molecule has 1 aromatic carbocycles. The largest absolute Gasteiger partial charge is 0.348 e. The number of amides is 4. The number of anilines is 2. The summed E-state index contributed by atoms with van der Waals surface area (Å²) in [6.07, 6.45) is 5.00. The maximum Gasteiger partial charge on any atom is 0.313 e. The Bertz CT molecular complexity index is 849. The van der Waals surface area contributed by atoms with E-state index in [9.17, 15) is 19.2 Å². The second-order valence-corrected chi connectivity index (χ2v) is 7.84. The first-order valence-electron chi connectivity index (χ1n) is 10.4. The molecule has 8 heteroatoms. The van der Waals surface area contributed by atoms with Crippen molar-refractivity contribution in [3.05, 3.63) is 23.3 Å². The van der Waals surface area contributed by atoms with Crippen LogP contribution in [0.1, 0.15) is 43.2 Å². The summed E-state index contributed by atoms with van der Waals surface area (Å²) in [7, 11) is 0. The molecular weight excluding hydrogens is 372 g/mol. The van der Waals surface area contributed by atoms with Gasteiger partial charge in [0.25, 0.3) is 0 Å². The highest BCUT2D eigenvalue weighted by Gasteiger charge is 2.30. The number of carbonyl (C=O) groups excluding carboxylic acids is 4. The molecule has 1 fully saturated rings. The third-order valence-corrected chi connectivity index (χ3v) is 5.80. The molecule has 154 valence electrons. The Labute approximate surface area is 169 Å². The average Bonchev–Trinajstić information content (AvgIpc) is 3.12. The molecule has 0 radical (unpaired) electrons. The van der Waals surface area contributed by atoms with Gasteiger partial charge in [0, 0.05) is 44.7 Å². The van der Waals surface area contributed by atoms with Gasteiger partial charge in [0.1, 0.15) is 0 Å². The molecule has 0 bridgehead atoms. The van der Waals surface area contributed by atoms with Crippen LogP contribution < -0.4 is 15.5 Å². The van der Waals surface area contributed by atoms with Crippen molar-refractivity contribution >= 4 is 35.0 Å². The standard InChI is InChI=1S/C21H26N4O4/c26-17-5-2-9-24(17)10-3-8-22-20(28)21(29)23-16-12-14-4-1-11-25-18(27)7-6-15(13-16)19(14)25/h12-13H,1-11H2,(H,22,28)(H,23,29). The van der Waals surface area contributed by atoms with Crippen LogP contribution in [0, 0.1) is 0 Å². The number of hydrogen-bond acceptors (Lipinski definition) is 4. The summed E-state index contributed by atoms with van der Waals surface area (Å²) in [5, 5.41) is 5.30. The van der Waals surface area contributed by atoms with Gasteiger partial charge in [-0.3, -0.25) is 19.2 Å². The van der Waals surface area contributed by atoms with Crippen LogP contribution in [-0.4, -0.2) is 54.7 Å². The van der Waals surface area contributed by atoms with E-state index >= 15 is 0 Å². The summed E-state index contributed by atoms with van der Waals surface area (Å²) in [5.41, 5.74) is 3.68. The smallest absolute Gasteiger partial charge is 0.313 e.